The van der Waals surface area contributed by atoms with E-state index in [1.807, 2.05) is 61.5 Å². The predicted octanol–water partition coefficient (Wildman–Crippen LogP) is 4.39. The van der Waals surface area contributed by atoms with Crippen LogP contribution >= 0.6 is 0 Å². The number of aryl methyl sites for hydroxylation is 2. The van der Waals surface area contributed by atoms with E-state index >= 15 is 0 Å². The van der Waals surface area contributed by atoms with Gasteiger partial charge in [-0.1, -0.05) is 60.2 Å². The van der Waals surface area contributed by atoms with Crippen molar-refractivity contribution in [3.63, 3.8) is 0 Å². The van der Waals surface area contributed by atoms with Crippen LogP contribution in [0.3, 0.4) is 0 Å². The average molecular weight is 423 g/mol. The minimum Gasteiger partial charge on any atom is -0.378 e. The second-order valence-electron chi connectivity index (χ2n) is 7.41. The van der Waals surface area contributed by atoms with Crippen molar-refractivity contribution in [2.45, 2.75) is 37.1 Å². The van der Waals surface area contributed by atoms with E-state index in [1.165, 1.54) is 12.1 Å². The SMILES string of the molecule is Cc1ccc(C(CC(=O)CCc2ccccc2)Nc2ccc(S(N)(=O)=O)cc2)cc1. The minimum absolute atomic E-state index is 0.0545. The Bertz CT molecular complexity index is 1080. The average Bonchev–Trinajstić information content (AvgIpc) is 2.73. The fourth-order valence-electron chi connectivity index (χ4n) is 3.25. The number of primary sulfonamides is 1. The Labute approximate surface area is 178 Å². The van der Waals surface area contributed by atoms with E-state index < -0.39 is 10.0 Å². The molecule has 0 saturated carbocycles. The van der Waals surface area contributed by atoms with Gasteiger partial charge in [0.1, 0.15) is 5.78 Å². The van der Waals surface area contributed by atoms with E-state index in [0.29, 0.717) is 19.3 Å². The third kappa shape index (κ3) is 6.27. The van der Waals surface area contributed by atoms with Crippen molar-refractivity contribution in [1.29, 1.82) is 0 Å². The number of rotatable bonds is 9. The standard InChI is InChI=1S/C24H26N2O3S/c1-18-7-10-20(11-8-18)24(17-22(27)14-9-19-5-3-2-4-6-19)26-21-12-15-23(16-13-21)30(25,28)29/h2-8,10-13,15-16,24,26H,9,14,17H2,1H3,(H2,25,28,29). The van der Waals surface area contributed by atoms with Gasteiger partial charge in [-0.05, 0) is 48.7 Å². The summed E-state index contributed by atoms with van der Waals surface area (Å²) in [5.41, 5.74) is 4.02. The molecule has 3 aromatic carbocycles. The normalized spacial score (nSPS) is 12.3. The van der Waals surface area contributed by atoms with Crippen LogP contribution in [0.4, 0.5) is 5.69 Å². The monoisotopic (exact) mass is 422 g/mol. The van der Waals surface area contributed by atoms with Gasteiger partial charge in [0.15, 0.2) is 0 Å². The smallest absolute Gasteiger partial charge is 0.238 e. The number of sulfonamides is 1. The summed E-state index contributed by atoms with van der Waals surface area (Å²) in [7, 11) is -3.74. The number of ketones is 1. The first-order chi connectivity index (χ1) is 14.3. The fraction of sp³-hybridized carbons (Fsp3) is 0.208. The molecule has 1 unspecified atom stereocenters. The summed E-state index contributed by atoms with van der Waals surface area (Å²) in [6.07, 6.45) is 1.52. The number of hydrogen-bond acceptors (Lipinski definition) is 4. The molecule has 0 spiro atoms. The summed E-state index contributed by atoms with van der Waals surface area (Å²) >= 11 is 0. The molecule has 0 amide bonds. The van der Waals surface area contributed by atoms with Crippen molar-refractivity contribution in [3.05, 3.63) is 95.6 Å². The number of anilines is 1. The van der Waals surface area contributed by atoms with E-state index in [-0.39, 0.29) is 16.7 Å². The van der Waals surface area contributed by atoms with Crippen LogP contribution in [0.15, 0.2) is 83.8 Å². The Kier molecular flexibility index (Phi) is 7.03. The highest BCUT2D eigenvalue weighted by molar-refractivity contribution is 7.89. The van der Waals surface area contributed by atoms with Gasteiger partial charge >= 0.3 is 0 Å². The lowest BCUT2D eigenvalue weighted by molar-refractivity contribution is -0.119. The molecule has 0 saturated heterocycles. The summed E-state index contributed by atoms with van der Waals surface area (Å²) in [6, 6.07) is 24.0. The fourth-order valence-corrected chi connectivity index (χ4v) is 3.77. The highest BCUT2D eigenvalue weighted by Crippen LogP contribution is 2.25. The minimum atomic E-state index is -3.74. The number of Topliss-reactive ketones (excluding diaryl/α,β-unsaturated/α-hetero) is 1. The van der Waals surface area contributed by atoms with Crippen molar-refractivity contribution < 1.29 is 13.2 Å². The molecule has 0 aliphatic carbocycles. The van der Waals surface area contributed by atoms with Gasteiger partial charge in [0, 0.05) is 18.5 Å². The molecule has 6 heteroatoms. The molecule has 3 N–H and O–H groups in total. The molecule has 0 radical (unpaired) electrons. The summed E-state index contributed by atoms with van der Waals surface area (Å²) in [5, 5.41) is 8.53. The van der Waals surface area contributed by atoms with Crippen LogP contribution in [0.1, 0.15) is 35.6 Å². The van der Waals surface area contributed by atoms with Crippen LogP contribution in [0.25, 0.3) is 0 Å². The molecule has 156 valence electrons. The van der Waals surface area contributed by atoms with Gasteiger partial charge in [0.2, 0.25) is 10.0 Å². The van der Waals surface area contributed by atoms with Crippen LogP contribution in [-0.4, -0.2) is 14.2 Å². The second kappa shape index (κ2) is 9.69. The maximum Gasteiger partial charge on any atom is 0.238 e. The van der Waals surface area contributed by atoms with Gasteiger partial charge < -0.3 is 5.32 Å². The molecule has 5 nitrogen and oxygen atoms in total. The molecule has 0 bridgehead atoms. The molecule has 0 aliphatic rings. The Morgan fingerprint density at radius 3 is 2.17 bits per heavy atom. The van der Waals surface area contributed by atoms with Gasteiger partial charge in [-0.2, -0.15) is 0 Å². The highest BCUT2D eigenvalue weighted by Gasteiger charge is 2.17. The van der Waals surface area contributed by atoms with Crippen molar-refractivity contribution in [1.82, 2.24) is 0 Å². The molecule has 0 aliphatic heterocycles. The van der Waals surface area contributed by atoms with Gasteiger partial charge in [0.05, 0.1) is 10.9 Å². The van der Waals surface area contributed by atoms with E-state index in [9.17, 15) is 13.2 Å². The predicted molar refractivity (Wildman–Crippen MR) is 120 cm³/mol. The molecule has 1 atom stereocenters. The van der Waals surface area contributed by atoms with Gasteiger partial charge in [0.25, 0.3) is 0 Å². The molecule has 3 aromatic rings. The van der Waals surface area contributed by atoms with Gasteiger partial charge in [-0.15, -0.1) is 0 Å². The molecule has 0 fully saturated rings. The lowest BCUT2D eigenvalue weighted by Crippen LogP contribution is -2.16. The second-order valence-corrected chi connectivity index (χ2v) is 8.97. The van der Waals surface area contributed by atoms with Crippen LogP contribution in [0, 0.1) is 6.92 Å². The van der Waals surface area contributed by atoms with Crippen LogP contribution in [-0.2, 0) is 21.2 Å². The number of nitrogens with two attached hydrogens (primary N) is 1. The number of nitrogens with one attached hydrogen (secondary N) is 1. The Hall–Kier alpha value is -2.96. The van der Waals surface area contributed by atoms with Crippen molar-refractivity contribution in [2.24, 2.45) is 5.14 Å². The first kappa shape index (κ1) is 21.7. The Morgan fingerprint density at radius 1 is 0.933 bits per heavy atom. The molecule has 3 rings (SSSR count). The van der Waals surface area contributed by atoms with Crippen LogP contribution < -0.4 is 10.5 Å². The van der Waals surface area contributed by atoms with E-state index in [2.05, 4.69) is 5.32 Å². The van der Waals surface area contributed by atoms with E-state index in [1.54, 1.807) is 12.1 Å². The number of carbonyl (C=O) groups excluding carboxylic acids is 1. The van der Waals surface area contributed by atoms with Gasteiger partial charge in [-0.3, -0.25) is 4.79 Å². The molecule has 30 heavy (non-hydrogen) atoms. The summed E-state index contributed by atoms with van der Waals surface area (Å²) in [6.45, 7) is 2.02. The maximum atomic E-state index is 12.7. The molecule has 0 heterocycles. The molecule has 0 aromatic heterocycles. The zero-order valence-corrected chi connectivity index (χ0v) is 17.7. The van der Waals surface area contributed by atoms with E-state index in [4.69, 9.17) is 5.14 Å². The first-order valence-corrected chi connectivity index (χ1v) is 11.4. The van der Waals surface area contributed by atoms with Crippen molar-refractivity contribution >= 4 is 21.5 Å². The number of benzene rings is 3. The van der Waals surface area contributed by atoms with E-state index in [0.717, 1.165) is 22.4 Å². The van der Waals surface area contributed by atoms with Crippen LogP contribution in [0.2, 0.25) is 0 Å². The van der Waals surface area contributed by atoms with Gasteiger partial charge in [-0.25, -0.2) is 13.6 Å². The Balaban J connectivity index is 1.73. The van der Waals surface area contributed by atoms with Crippen molar-refractivity contribution in [2.75, 3.05) is 5.32 Å². The van der Waals surface area contributed by atoms with Crippen molar-refractivity contribution in [3.8, 4) is 0 Å². The quantitative estimate of drug-likeness (QED) is 0.535. The largest absolute Gasteiger partial charge is 0.378 e. The number of carbonyl (C=O) groups is 1. The zero-order chi connectivity index (χ0) is 21.6. The highest BCUT2D eigenvalue weighted by atomic mass is 32.2. The molecular formula is C24H26N2O3S. The first-order valence-electron chi connectivity index (χ1n) is 9.83. The lowest BCUT2D eigenvalue weighted by Gasteiger charge is -2.20. The topological polar surface area (TPSA) is 89.3 Å². The maximum absolute atomic E-state index is 12.7. The summed E-state index contributed by atoms with van der Waals surface area (Å²) < 4.78 is 22.9. The van der Waals surface area contributed by atoms with Crippen LogP contribution in [0.5, 0.6) is 0 Å². The third-order valence-corrected chi connectivity index (χ3v) is 5.90. The zero-order valence-electron chi connectivity index (χ0n) is 16.9. The third-order valence-electron chi connectivity index (χ3n) is 4.97. The lowest BCUT2D eigenvalue weighted by atomic mass is 9.97. The molecular weight excluding hydrogens is 396 g/mol. The Morgan fingerprint density at radius 2 is 1.57 bits per heavy atom. The summed E-state index contributed by atoms with van der Waals surface area (Å²) in [4.78, 5) is 12.8. The number of hydrogen-bond donors (Lipinski definition) is 2. The summed E-state index contributed by atoms with van der Waals surface area (Å²) in [5.74, 6) is 0.165.